The molecule has 104 valence electrons. The van der Waals surface area contributed by atoms with Crippen LogP contribution in [0.25, 0.3) is 0 Å². The normalized spacial score (nSPS) is 10.3. The SMILES string of the molecule is Cc1ccc(C(N)=S)c(NCc2ccc(F)c(F)c2)c1. The van der Waals surface area contributed by atoms with Gasteiger partial charge in [0.2, 0.25) is 0 Å². The summed E-state index contributed by atoms with van der Waals surface area (Å²) in [4.78, 5) is 0.290. The van der Waals surface area contributed by atoms with E-state index in [0.29, 0.717) is 12.1 Å². The Bertz CT molecular complexity index is 656. The number of anilines is 1. The van der Waals surface area contributed by atoms with E-state index in [4.69, 9.17) is 18.0 Å². The molecule has 0 aliphatic rings. The lowest BCUT2D eigenvalue weighted by atomic mass is 10.1. The summed E-state index contributed by atoms with van der Waals surface area (Å²) in [5, 5.41) is 3.14. The smallest absolute Gasteiger partial charge is 0.159 e. The van der Waals surface area contributed by atoms with E-state index >= 15 is 0 Å². The molecule has 0 spiro atoms. The van der Waals surface area contributed by atoms with Gasteiger partial charge in [-0.05, 0) is 42.3 Å². The molecule has 2 aromatic carbocycles. The third-order valence-corrected chi connectivity index (χ3v) is 3.13. The van der Waals surface area contributed by atoms with Gasteiger partial charge in [-0.3, -0.25) is 0 Å². The predicted molar refractivity (Wildman–Crippen MR) is 80.8 cm³/mol. The van der Waals surface area contributed by atoms with Crippen LogP contribution in [-0.4, -0.2) is 4.99 Å². The van der Waals surface area contributed by atoms with Gasteiger partial charge in [-0.15, -0.1) is 0 Å². The highest BCUT2D eigenvalue weighted by Gasteiger charge is 2.07. The zero-order valence-electron chi connectivity index (χ0n) is 10.9. The number of thiocarbonyl (C=S) groups is 1. The van der Waals surface area contributed by atoms with E-state index in [1.807, 2.05) is 25.1 Å². The standard InChI is InChI=1S/C15H14F2N2S/c1-9-2-4-11(15(18)20)14(6-9)19-8-10-3-5-12(16)13(17)7-10/h2-7,19H,8H2,1H3,(H2,18,20). The van der Waals surface area contributed by atoms with Crippen molar-refractivity contribution in [2.45, 2.75) is 13.5 Å². The van der Waals surface area contributed by atoms with Crippen molar-refractivity contribution in [3.05, 3.63) is 64.7 Å². The minimum atomic E-state index is -0.858. The molecule has 0 aromatic heterocycles. The van der Waals surface area contributed by atoms with Crippen LogP contribution >= 0.6 is 12.2 Å². The van der Waals surface area contributed by atoms with Gasteiger partial charge in [0.05, 0.1) is 0 Å². The molecular formula is C15H14F2N2S. The Morgan fingerprint density at radius 3 is 2.55 bits per heavy atom. The maximum absolute atomic E-state index is 13.1. The number of halogens is 2. The van der Waals surface area contributed by atoms with Gasteiger partial charge in [-0.25, -0.2) is 8.78 Å². The van der Waals surface area contributed by atoms with Gasteiger partial charge in [0.1, 0.15) is 4.99 Å². The highest BCUT2D eigenvalue weighted by Crippen LogP contribution is 2.19. The van der Waals surface area contributed by atoms with Gasteiger partial charge in [0, 0.05) is 17.8 Å². The Balaban J connectivity index is 2.20. The van der Waals surface area contributed by atoms with E-state index in [1.54, 1.807) is 0 Å². The second-order valence-corrected chi connectivity index (χ2v) is 4.96. The van der Waals surface area contributed by atoms with Crippen molar-refractivity contribution in [2.24, 2.45) is 5.73 Å². The number of nitrogens with two attached hydrogens (primary N) is 1. The minimum absolute atomic E-state index is 0.290. The first-order valence-corrected chi connectivity index (χ1v) is 6.46. The number of aryl methyl sites for hydroxylation is 1. The molecule has 0 heterocycles. The summed E-state index contributed by atoms with van der Waals surface area (Å²) in [5.74, 6) is -1.71. The Labute approximate surface area is 121 Å². The molecule has 2 nitrogen and oxygen atoms in total. The summed E-state index contributed by atoms with van der Waals surface area (Å²) in [6.45, 7) is 2.31. The zero-order valence-corrected chi connectivity index (χ0v) is 11.7. The third kappa shape index (κ3) is 3.30. The van der Waals surface area contributed by atoms with Crippen LogP contribution in [-0.2, 0) is 6.54 Å². The zero-order chi connectivity index (χ0) is 14.7. The molecule has 0 fully saturated rings. The Morgan fingerprint density at radius 2 is 1.90 bits per heavy atom. The Morgan fingerprint density at radius 1 is 1.15 bits per heavy atom. The second-order valence-electron chi connectivity index (χ2n) is 4.52. The maximum Gasteiger partial charge on any atom is 0.159 e. The minimum Gasteiger partial charge on any atom is -0.389 e. The fourth-order valence-electron chi connectivity index (χ4n) is 1.87. The van der Waals surface area contributed by atoms with Crippen molar-refractivity contribution in [1.29, 1.82) is 0 Å². The van der Waals surface area contributed by atoms with Crippen LogP contribution in [0, 0.1) is 18.6 Å². The number of rotatable bonds is 4. The van der Waals surface area contributed by atoms with Gasteiger partial charge in [0.15, 0.2) is 11.6 Å². The molecule has 0 radical (unpaired) electrons. The number of hydrogen-bond acceptors (Lipinski definition) is 2. The molecule has 0 aliphatic carbocycles. The topological polar surface area (TPSA) is 38.0 Å². The van der Waals surface area contributed by atoms with Crippen LogP contribution in [0.4, 0.5) is 14.5 Å². The molecule has 0 aliphatic heterocycles. The van der Waals surface area contributed by atoms with Gasteiger partial charge in [-0.1, -0.05) is 24.4 Å². The summed E-state index contributed by atoms with van der Waals surface area (Å²) >= 11 is 4.99. The van der Waals surface area contributed by atoms with Crippen molar-refractivity contribution in [2.75, 3.05) is 5.32 Å². The van der Waals surface area contributed by atoms with Crippen LogP contribution in [0.15, 0.2) is 36.4 Å². The maximum atomic E-state index is 13.1. The van der Waals surface area contributed by atoms with Crippen LogP contribution in [0.2, 0.25) is 0 Å². The molecule has 2 rings (SSSR count). The van der Waals surface area contributed by atoms with Crippen LogP contribution in [0.5, 0.6) is 0 Å². The molecule has 0 unspecified atom stereocenters. The largest absolute Gasteiger partial charge is 0.389 e. The molecule has 2 aromatic rings. The lowest BCUT2D eigenvalue weighted by molar-refractivity contribution is 0.507. The lowest BCUT2D eigenvalue weighted by Gasteiger charge is -2.12. The van der Waals surface area contributed by atoms with Crippen LogP contribution in [0.1, 0.15) is 16.7 Å². The number of hydrogen-bond donors (Lipinski definition) is 2. The van der Waals surface area contributed by atoms with Crippen molar-refractivity contribution >= 4 is 22.9 Å². The second kappa shape index (κ2) is 5.96. The Hall–Kier alpha value is -2.01. The van der Waals surface area contributed by atoms with Crippen molar-refractivity contribution in [1.82, 2.24) is 0 Å². The monoisotopic (exact) mass is 292 g/mol. The fourth-order valence-corrected chi connectivity index (χ4v) is 2.04. The average molecular weight is 292 g/mol. The van der Waals surface area contributed by atoms with Crippen molar-refractivity contribution in [3.8, 4) is 0 Å². The third-order valence-electron chi connectivity index (χ3n) is 2.91. The quantitative estimate of drug-likeness (QED) is 0.847. The molecule has 0 bridgehead atoms. The summed E-state index contributed by atoms with van der Waals surface area (Å²) in [6, 6.07) is 9.47. The molecule has 3 N–H and O–H groups in total. The van der Waals surface area contributed by atoms with Gasteiger partial charge < -0.3 is 11.1 Å². The molecule has 5 heteroatoms. The number of benzene rings is 2. The highest BCUT2D eigenvalue weighted by molar-refractivity contribution is 7.80. The van der Waals surface area contributed by atoms with Crippen molar-refractivity contribution in [3.63, 3.8) is 0 Å². The van der Waals surface area contributed by atoms with E-state index in [-0.39, 0.29) is 4.99 Å². The van der Waals surface area contributed by atoms with Gasteiger partial charge in [-0.2, -0.15) is 0 Å². The van der Waals surface area contributed by atoms with E-state index in [9.17, 15) is 8.78 Å². The molecule has 0 atom stereocenters. The van der Waals surface area contributed by atoms with Gasteiger partial charge in [0.25, 0.3) is 0 Å². The van der Waals surface area contributed by atoms with Gasteiger partial charge >= 0.3 is 0 Å². The summed E-state index contributed by atoms with van der Waals surface area (Å²) in [6.07, 6.45) is 0. The van der Waals surface area contributed by atoms with Crippen LogP contribution < -0.4 is 11.1 Å². The molecular weight excluding hydrogens is 278 g/mol. The summed E-state index contributed by atoms with van der Waals surface area (Å²) < 4.78 is 26.0. The Kier molecular flexibility index (Phi) is 4.29. The molecule has 0 saturated heterocycles. The predicted octanol–water partition coefficient (Wildman–Crippen LogP) is 3.52. The first-order valence-electron chi connectivity index (χ1n) is 6.05. The highest BCUT2D eigenvalue weighted by atomic mass is 32.1. The van der Waals surface area contributed by atoms with Crippen LogP contribution in [0.3, 0.4) is 0 Å². The summed E-state index contributed by atoms with van der Waals surface area (Å²) in [7, 11) is 0. The van der Waals surface area contributed by atoms with E-state index < -0.39 is 11.6 Å². The average Bonchev–Trinajstić information content (AvgIpc) is 2.40. The molecule has 0 amide bonds. The first-order chi connectivity index (χ1) is 9.47. The van der Waals surface area contributed by atoms with E-state index in [0.717, 1.165) is 22.9 Å². The summed E-state index contributed by atoms with van der Waals surface area (Å²) in [5.41, 5.74) is 8.86. The fraction of sp³-hybridized carbons (Fsp3) is 0.133. The van der Waals surface area contributed by atoms with Crippen molar-refractivity contribution < 1.29 is 8.78 Å². The molecule has 0 saturated carbocycles. The number of nitrogens with one attached hydrogen (secondary N) is 1. The van der Waals surface area contributed by atoms with E-state index in [1.165, 1.54) is 12.1 Å². The molecule has 20 heavy (non-hydrogen) atoms. The first kappa shape index (κ1) is 14.4. The van der Waals surface area contributed by atoms with E-state index in [2.05, 4.69) is 5.32 Å². The lowest BCUT2D eigenvalue weighted by Crippen LogP contribution is -2.13.